The molecule has 0 aliphatic carbocycles. The van der Waals surface area contributed by atoms with Crippen LogP contribution >= 0.6 is 15.9 Å². The van der Waals surface area contributed by atoms with Crippen molar-refractivity contribution in [3.05, 3.63) is 41.5 Å². The van der Waals surface area contributed by atoms with Gasteiger partial charge in [0.2, 0.25) is 5.65 Å². The second-order valence-electron chi connectivity index (χ2n) is 5.45. The number of pyridine rings is 1. The van der Waals surface area contributed by atoms with E-state index >= 15 is 0 Å². The van der Waals surface area contributed by atoms with Crippen LogP contribution in [0.1, 0.15) is 6.42 Å². The first-order valence-electron chi connectivity index (χ1n) is 7.58. The maximum absolute atomic E-state index is 4.52. The number of fused-ring (bicyclic) bond motifs is 1. The zero-order chi connectivity index (χ0) is 15.6. The zero-order valence-corrected chi connectivity index (χ0v) is 14.1. The minimum absolute atomic E-state index is 0.806. The Morgan fingerprint density at radius 3 is 2.57 bits per heavy atom. The van der Waals surface area contributed by atoms with Crippen molar-refractivity contribution < 1.29 is 0 Å². The van der Waals surface area contributed by atoms with Gasteiger partial charge in [0.1, 0.15) is 12.1 Å². The lowest BCUT2D eigenvalue weighted by atomic mass is 10.3. The van der Waals surface area contributed by atoms with Gasteiger partial charge < -0.3 is 9.80 Å². The lowest BCUT2D eigenvalue weighted by molar-refractivity contribution is 0.792. The molecule has 7 nitrogen and oxygen atoms in total. The van der Waals surface area contributed by atoms with Gasteiger partial charge in [0.25, 0.3) is 0 Å². The van der Waals surface area contributed by atoms with Gasteiger partial charge in [0.05, 0.1) is 4.47 Å². The highest BCUT2D eigenvalue weighted by Gasteiger charge is 2.20. The van der Waals surface area contributed by atoms with E-state index in [4.69, 9.17) is 0 Å². The quantitative estimate of drug-likeness (QED) is 0.684. The van der Waals surface area contributed by atoms with Crippen LogP contribution in [0.4, 0.5) is 11.6 Å². The second kappa shape index (κ2) is 6.11. The Hall–Kier alpha value is -2.22. The van der Waals surface area contributed by atoms with Gasteiger partial charge in [0.15, 0.2) is 5.82 Å². The molecule has 0 radical (unpaired) electrons. The van der Waals surface area contributed by atoms with Crippen LogP contribution in [0.25, 0.3) is 5.65 Å². The van der Waals surface area contributed by atoms with Gasteiger partial charge >= 0.3 is 0 Å². The third kappa shape index (κ3) is 2.74. The molecule has 0 atom stereocenters. The van der Waals surface area contributed by atoms with E-state index in [-0.39, 0.29) is 0 Å². The van der Waals surface area contributed by atoms with Gasteiger partial charge in [-0.1, -0.05) is 0 Å². The van der Waals surface area contributed by atoms with Gasteiger partial charge in [-0.05, 0) is 34.5 Å². The van der Waals surface area contributed by atoms with Crippen molar-refractivity contribution in [1.29, 1.82) is 0 Å². The molecule has 23 heavy (non-hydrogen) atoms. The van der Waals surface area contributed by atoms with Crippen LogP contribution in [-0.2, 0) is 0 Å². The summed E-state index contributed by atoms with van der Waals surface area (Å²) in [6.07, 6.45) is 8.24. The topological polar surface area (TPSA) is 62.5 Å². The van der Waals surface area contributed by atoms with Crippen LogP contribution in [0, 0.1) is 0 Å². The van der Waals surface area contributed by atoms with Crippen LogP contribution in [0.2, 0.25) is 0 Å². The Labute approximate surface area is 142 Å². The Kier molecular flexibility index (Phi) is 3.82. The first kappa shape index (κ1) is 14.4. The van der Waals surface area contributed by atoms with E-state index < -0.39 is 0 Å². The molecule has 0 amide bonds. The highest BCUT2D eigenvalue weighted by Crippen LogP contribution is 2.25. The molecule has 118 valence electrons. The molecule has 0 spiro atoms. The Morgan fingerprint density at radius 2 is 1.74 bits per heavy atom. The van der Waals surface area contributed by atoms with E-state index in [1.807, 2.05) is 28.9 Å². The van der Waals surface area contributed by atoms with E-state index in [9.17, 15) is 0 Å². The van der Waals surface area contributed by atoms with Crippen molar-refractivity contribution in [3.8, 4) is 0 Å². The number of halogens is 1. The summed E-state index contributed by atoms with van der Waals surface area (Å²) in [6.45, 7) is 3.69. The molecular formula is C15H16BrN7. The lowest BCUT2D eigenvalue weighted by Gasteiger charge is -2.24. The summed E-state index contributed by atoms with van der Waals surface area (Å²) in [5, 5.41) is 8.17. The largest absolute Gasteiger partial charge is 0.354 e. The molecule has 1 saturated heterocycles. The number of anilines is 2. The van der Waals surface area contributed by atoms with E-state index in [1.54, 1.807) is 12.5 Å². The van der Waals surface area contributed by atoms with Gasteiger partial charge in [0, 0.05) is 44.8 Å². The molecule has 0 aromatic carbocycles. The van der Waals surface area contributed by atoms with Gasteiger partial charge in [-0.2, -0.15) is 0 Å². The van der Waals surface area contributed by atoms with Crippen molar-refractivity contribution in [3.63, 3.8) is 0 Å². The number of hydrogen-bond acceptors (Lipinski definition) is 6. The lowest BCUT2D eigenvalue weighted by Crippen LogP contribution is -2.32. The molecule has 3 aromatic heterocycles. The van der Waals surface area contributed by atoms with Crippen molar-refractivity contribution in [2.24, 2.45) is 0 Å². The molecule has 0 unspecified atom stereocenters. The summed E-state index contributed by atoms with van der Waals surface area (Å²) >= 11 is 3.59. The minimum Gasteiger partial charge on any atom is -0.354 e. The summed E-state index contributed by atoms with van der Waals surface area (Å²) in [4.78, 5) is 13.6. The molecule has 0 saturated carbocycles. The van der Waals surface area contributed by atoms with Crippen LogP contribution in [-0.4, -0.2) is 50.7 Å². The molecule has 3 aromatic rings. The average Bonchev–Trinajstić information content (AvgIpc) is 2.93. The average molecular weight is 374 g/mol. The predicted molar refractivity (Wildman–Crippen MR) is 91.8 cm³/mol. The minimum atomic E-state index is 0.806. The van der Waals surface area contributed by atoms with Crippen LogP contribution in [0.15, 0.2) is 41.5 Å². The number of hydrogen-bond donors (Lipinski definition) is 0. The SMILES string of the molecule is Brc1cccnc1N1CCCN(c2nccn3cnnc23)CC1. The number of nitrogens with zero attached hydrogens (tertiary/aromatic N) is 7. The molecule has 8 heteroatoms. The number of rotatable bonds is 2. The van der Waals surface area contributed by atoms with Gasteiger partial charge in [-0.3, -0.25) is 4.40 Å². The third-order valence-corrected chi connectivity index (χ3v) is 4.65. The van der Waals surface area contributed by atoms with Crippen molar-refractivity contribution in [2.75, 3.05) is 36.0 Å². The maximum atomic E-state index is 4.52. The monoisotopic (exact) mass is 373 g/mol. The Balaban J connectivity index is 1.58. The molecular weight excluding hydrogens is 358 g/mol. The zero-order valence-electron chi connectivity index (χ0n) is 12.5. The fourth-order valence-corrected chi connectivity index (χ4v) is 3.43. The molecule has 0 bridgehead atoms. The normalized spacial score (nSPS) is 15.9. The van der Waals surface area contributed by atoms with Crippen molar-refractivity contribution in [2.45, 2.75) is 6.42 Å². The standard InChI is InChI=1S/C15H16BrN7/c16-12-3-1-4-17-13(12)21-6-2-7-22(10-9-21)14-15-20-19-11-23(15)8-5-18-14/h1,3-5,8,11H,2,6-7,9-10H2. The van der Waals surface area contributed by atoms with E-state index in [1.165, 1.54) is 0 Å². The first-order chi connectivity index (χ1) is 11.3. The fraction of sp³-hybridized carbons (Fsp3) is 0.333. The van der Waals surface area contributed by atoms with Gasteiger partial charge in [-0.15, -0.1) is 10.2 Å². The molecule has 1 aliphatic rings. The summed E-state index contributed by atoms with van der Waals surface area (Å²) in [5.74, 6) is 1.90. The maximum Gasteiger partial charge on any atom is 0.203 e. The van der Waals surface area contributed by atoms with E-state index in [2.05, 4.69) is 45.9 Å². The Bertz CT molecular complexity index is 818. The fourth-order valence-electron chi connectivity index (χ4n) is 2.92. The van der Waals surface area contributed by atoms with Crippen LogP contribution in [0.3, 0.4) is 0 Å². The molecule has 1 aliphatic heterocycles. The third-order valence-electron chi connectivity index (χ3n) is 4.03. The van der Waals surface area contributed by atoms with E-state index in [0.717, 1.165) is 54.4 Å². The summed E-state index contributed by atoms with van der Waals surface area (Å²) in [5.41, 5.74) is 0.806. The number of aromatic nitrogens is 5. The molecule has 0 N–H and O–H groups in total. The smallest absolute Gasteiger partial charge is 0.203 e. The summed E-state index contributed by atoms with van der Waals surface area (Å²) in [6, 6.07) is 3.97. The highest BCUT2D eigenvalue weighted by molar-refractivity contribution is 9.10. The van der Waals surface area contributed by atoms with Crippen LogP contribution < -0.4 is 9.80 Å². The molecule has 4 rings (SSSR count). The van der Waals surface area contributed by atoms with Gasteiger partial charge in [-0.25, -0.2) is 9.97 Å². The molecule has 1 fully saturated rings. The predicted octanol–water partition coefficient (Wildman–Crippen LogP) is 2.00. The highest BCUT2D eigenvalue weighted by atomic mass is 79.9. The van der Waals surface area contributed by atoms with E-state index in [0.29, 0.717) is 0 Å². The van der Waals surface area contributed by atoms with Crippen molar-refractivity contribution >= 4 is 33.2 Å². The molecule has 4 heterocycles. The summed E-state index contributed by atoms with van der Waals surface area (Å²) < 4.78 is 2.94. The van der Waals surface area contributed by atoms with Crippen molar-refractivity contribution in [1.82, 2.24) is 24.6 Å². The Morgan fingerprint density at radius 1 is 0.957 bits per heavy atom. The summed E-state index contributed by atoms with van der Waals surface area (Å²) in [7, 11) is 0. The van der Waals surface area contributed by atoms with Crippen LogP contribution in [0.5, 0.6) is 0 Å². The second-order valence-corrected chi connectivity index (χ2v) is 6.30. The first-order valence-corrected chi connectivity index (χ1v) is 8.37.